The van der Waals surface area contributed by atoms with Crippen molar-refractivity contribution in [1.29, 1.82) is 10.5 Å². The lowest BCUT2D eigenvalue weighted by Gasteiger charge is -2.14. The molecule has 0 aliphatic rings. The van der Waals surface area contributed by atoms with Crippen LogP contribution in [0.2, 0.25) is 0 Å². The molecule has 0 saturated carbocycles. The molecule has 0 radical (unpaired) electrons. The molecule has 1 unspecified atom stereocenters. The van der Waals surface area contributed by atoms with Crippen LogP contribution in [0, 0.1) is 22.7 Å². The third-order valence-corrected chi connectivity index (χ3v) is 5.15. The van der Waals surface area contributed by atoms with E-state index in [-0.39, 0.29) is 22.0 Å². The van der Waals surface area contributed by atoms with Crippen LogP contribution in [0.25, 0.3) is 11.1 Å². The number of nitriles is 2. The van der Waals surface area contributed by atoms with Crippen LogP contribution in [0.3, 0.4) is 0 Å². The van der Waals surface area contributed by atoms with Gasteiger partial charge in [0, 0.05) is 5.56 Å². The van der Waals surface area contributed by atoms with Crippen molar-refractivity contribution in [3.05, 3.63) is 28.0 Å². The molecule has 0 aliphatic carbocycles. The van der Waals surface area contributed by atoms with E-state index in [9.17, 15) is 20.4 Å². The van der Waals surface area contributed by atoms with Crippen LogP contribution >= 0.6 is 23.1 Å². The number of carboxylic acid groups (broad SMARTS) is 1. The Morgan fingerprint density at radius 3 is 2.65 bits per heavy atom. The van der Waals surface area contributed by atoms with Gasteiger partial charge in [-0.15, -0.1) is 0 Å². The number of aromatic nitrogens is 1. The maximum absolute atomic E-state index is 11.2. The molecular formula is C15H12N4O2S2. The zero-order chi connectivity index (χ0) is 17.0. The minimum absolute atomic E-state index is 0.00422. The monoisotopic (exact) mass is 344 g/mol. The van der Waals surface area contributed by atoms with Gasteiger partial charge >= 0.3 is 5.97 Å². The molecule has 1 atom stereocenters. The van der Waals surface area contributed by atoms with Crippen molar-refractivity contribution in [1.82, 2.24) is 4.98 Å². The predicted molar refractivity (Wildman–Crippen MR) is 89.0 cm³/mol. The Kier molecular flexibility index (Phi) is 5.22. The van der Waals surface area contributed by atoms with E-state index in [0.717, 1.165) is 11.8 Å². The average molecular weight is 344 g/mol. The van der Waals surface area contributed by atoms with Crippen molar-refractivity contribution >= 4 is 34.9 Å². The van der Waals surface area contributed by atoms with Gasteiger partial charge in [-0.1, -0.05) is 18.7 Å². The lowest BCUT2D eigenvalue weighted by molar-refractivity contribution is -0.136. The van der Waals surface area contributed by atoms with Crippen molar-refractivity contribution in [2.75, 3.05) is 5.73 Å². The third kappa shape index (κ3) is 3.29. The number of nitrogens with zero attached hydrogens (tertiary/aromatic N) is 3. The summed E-state index contributed by atoms with van der Waals surface area (Å²) in [7, 11) is 0. The molecule has 0 aromatic carbocycles. The molecule has 2 rings (SSSR count). The summed E-state index contributed by atoms with van der Waals surface area (Å²) in [5, 5.41) is 31.2. The smallest absolute Gasteiger partial charge is 0.317 e. The number of thioether (sulfide) groups is 1. The molecule has 8 heteroatoms. The Bertz CT molecular complexity index is 819. The summed E-state index contributed by atoms with van der Waals surface area (Å²) in [4.78, 5) is 15.3. The summed E-state index contributed by atoms with van der Waals surface area (Å²) in [6, 6.07) is 5.81. The number of nitrogen functional groups attached to an aromatic ring is 1. The van der Waals surface area contributed by atoms with E-state index in [1.165, 1.54) is 11.3 Å². The number of carboxylic acids is 1. The summed E-state index contributed by atoms with van der Waals surface area (Å²) >= 11 is 2.40. The Labute approximate surface area is 141 Å². The fraction of sp³-hybridized carbons (Fsp3) is 0.200. The number of pyridine rings is 1. The van der Waals surface area contributed by atoms with Crippen LogP contribution in [-0.2, 0) is 4.79 Å². The maximum Gasteiger partial charge on any atom is 0.317 e. The second-order valence-corrected chi connectivity index (χ2v) is 6.49. The van der Waals surface area contributed by atoms with E-state index in [1.807, 2.05) is 17.5 Å². The summed E-state index contributed by atoms with van der Waals surface area (Å²) < 4.78 is 0. The Balaban J connectivity index is 2.69. The Morgan fingerprint density at radius 1 is 1.48 bits per heavy atom. The van der Waals surface area contributed by atoms with Crippen LogP contribution in [0.15, 0.2) is 21.9 Å². The van der Waals surface area contributed by atoms with Crippen LogP contribution in [0.5, 0.6) is 0 Å². The zero-order valence-corrected chi connectivity index (χ0v) is 13.7. The summed E-state index contributed by atoms with van der Waals surface area (Å²) in [6.07, 6.45) is 0.375. The normalized spacial score (nSPS) is 11.4. The standard InChI is InChI=1S/C15H12N4O2S2/c1-2-11(15(20)21)23-14-10(6-17)12(8-3-4-22-7-8)9(5-16)13(18)19-14/h3-4,7,11H,2H2,1H3,(H2,18,19)(H,20,21). The highest BCUT2D eigenvalue weighted by atomic mass is 32.2. The Morgan fingerprint density at radius 2 is 2.17 bits per heavy atom. The molecule has 3 N–H and O–H groups in total. The van der Waals surface area contributed by atoms with Crippen molar-refractivity contribution in [2.24, 2.45) is 0 Å². The first kappa shape index (κ1) is 16.8. The topological polar surface area (TPSA) is 124 Å². The molecule has 0 fully saturated rings. The molecule has 23 heavy (non-hydrogen) atoms. The minimum atomic E-state index is -0.983. The predicted octanol–water partition coefficient (Wildman–Crippen LogP) is 3.09. The molecule has 0 saturated heterocycles. The lowest BCUT2D eigenvalue weighted by Crippen LogP contribution is -2.16. The molecule has 6 nitrogen and oxygen atoms in total. The molecule has 2 aromatic heterocycles. The van der Waals surface area contributed by atoms with Crippen LogP contribution in [-0.4, -0.2) is 21.3 Å². The maximum atomic E-state index is 11.2. The summed E-state index contributed by atoms with van der Waals surface area (Å²) in [6.45, 7) is 1.74. The Hall–Kier alpha value is -2.55. The van der Waals surface area contributed by atoms with Crippen molar-refractivity contribution in [3.8, 4) is 23.3 Å². The fourth-order valence-electron chi connectivity index (χ4n) is 2.02. The van der Waals surface area contributed by atoms with Gasteiger partial charge in [-0.3, -0.25) is 4.79 Å². The van der Waals surface area contributed by atoms with Gasteiger partial charge < -0.3 is 10.8 Å². The van der Waals surface area contributed by atoms with Gasteiger partial charge in [-0.05, 0) is 28.8 Å². The van der Waals surface area contributed by atoms with Gasteiger partial charge in [-0.25, -0.2) is 4.98 Å². The summed E-state index contributed by atoms with van der Waals surface area (Å²) in [5.41, 5.74) is 7.27. The van der Waals surface area contributed by atoms with Crippen molar-refractivity contribution in [2.45, 2.75) is 23.6 Å². The minimum Gasteiger partial charge on any atom is -0.480 e. The number of aliphatic carboxylic acids is 1. The third-order valence-electron chi connectivity index (χ3n) is 3.13. The number of nitrogens with two attached hydrogens (primary N) is 1. The molecule has 2 aromatic rings. The van der Waals surface area contributed by atoms with Gasteiger partial charge in [-0.2, -0.15) is 21.9 Å². The molecule has 0 amide bonds. The number of thiophene rings is 1. The van der Waals surface area contributed by atoms with E-state index in [2.05, 4.69) is 4.98 Å². The SMILES string of the molecule is CCC(Sc1nc(N)c(C#N)c(-c2ccsc2)c1C#N)C(=O)O. The van der Waals surface area contributed by atoms with Crippen molar-refractivity contribution in [3.63, 3.8) is 0 Å². The van der Waals surface area contributed by atoms with Crippen molar-refractivity contribution < 1.29 is 9.90 Å². The molecule has 116 valence electrons. The molecule has 0 spiro atoms. The van der Waals surface area contributed by atoms with E-state index in [1.54, 1.807) is 18.4 Å². The molecular weight excluding hydrogens is 332 g/mol. The van der Waals surface area contributed by atoms with E-state index >= 15 is 0 Å². The number of rotatable bonds is 5. The fourth-order valence-corrected chi connectivity index (χ4v) is 3.62. The van der Waals surface area contributed by atoms with E-state index in [4.69, 9.17) is 5.73 Å². The second-order valence-electron chi connectivity index (χ2n) is 4.52. The number of carbonyl (C=O) groups is 1. The largest absolute Gasteiger partial charge is 0.480 e. The van der Waals surface area contributed by atoms with E-state index in [0.29, 0.717) is 17.5 Å². The highest BCUT2D eigenvalue weighted by Gasteiger charge is 2.25. The second kappa shape index (κ2) is 7.14. The molecule has 2 heterocycles. The number of hydrogen-bond donors (Lipinski definition) is 2. The van der Waals surface area contributed by atoms with Gasteiger partial charge in [0.05, 0.1) is 5.56 Å². The van der Waals surface area contributed by atoms with E-state index < -0.39 is 11.2 Å². The lowest BCUT2D eigenvalue weighted by atomic mass is 9.99. The summed E-state index contributed by atoms with van der Waals surface area (Å²) in [5.74, 6) is -0.987. The van der Waals surface area contributed by atoms with Gasteiger partial charge in [0.2, 0.25) is 0 Å². The first-order valence-electron chi connectivity index (χ1n) is 6.59. The van der Waals surface area contributed by atoms with Crippen LogP contribution in [0.4, 0.5) is 5.82 Å². The average Bonchev–Trinajstić information content (AvgIpc) is 3.05. The first-order chi connectivity index (χ1) is 11.0. The molecule has 0 bridgehead atoms. The van der Waals surface area contributed by atoms with Gasteiger partial charge in [0.25, 0.3) is 0 Å². The number of hydrogen-bond acceptors (Lipinski definition) is 7. The van der Waals surface area contributed by atoms with Crippen LogP contribution in [0.1, 0.15) is 24.5 Å². The first-order valence-corrected chi connectivity index (χ1v) is 8.41. The zero-order valence-electron chi connectivity index (χ0n) is 12.1. The van der Waals surface area contributed by atoms with Crippen LogP contribution < -0.4 is 5.73 Å². The highest BCUT2D eigenvalue weighted by molar-refractivity contribution is 8.00. The number of anilines is 1. The van der Waals surface area contributed by atoms with Gasteiger partial charge in [0.15, 0.2) is 0 Å². The molecule has 0 aliphatic heterocycles. The quantitative estimate of drug-likeness (QED) is 0.798. The highest BCUT2D eigenvalue weighted by Crippen LogP contribution is 2.38. The van der Waals surface area contributed by atoms with Gasteiger partial charge in [0.1, 0.15) is 33.8 Å².